The number of hydrogen-bond donors (Lipinski definition) is 2. The van der Waals surface area contributed by atoms with Gasteiger partial charge in [0.2, 0.25) is 5.82 Å². The number of hydrogen-bond acceptors (Lipinski definition) is 5. The van der Waals surface area contributed by atoms with E-state index in [4.69, 9.17) is 5.26 Å². The Labute approximate surface area is 105 Å². The van der Waals surface area contributed by atoms with Crippen molar-refractivity contribution < 1.29 is 0 Å². The quantitative estimate of drug-likeness (QED) is 0.843. The minimum Gasteiger partial charge on any atom is -0.359 e. The molecule has 0 aliphatic carbocycles. The Morgan fingerprint density at radius 3 is 2.94 bits per heavy atom. The molecule has 7 heteroatoms. The lowest BCUT2D eigenvalue weighted by Crippen LogP contribution is -1.93. The maximum absolute atomic E-state index is 8.95. The summed E-state index contributed by atoms with van der Waals surface area (Å²) in [6.45, 7) is 0. The van der Waals surface area contributed by atoms with Crippen molar-refractivity contribution in [3.8, 4) is 6.07 Å². The van der Waals surface area contributed by atoms with Crippen molar-refractivity contribution in [1.29, 1.82) is 5.26 Å². The van der Waals surface area contributed by atoms with E-state index >= 15 is 0 Å². The first-order valence-corrected chi connectivity index (χ1v) is 5.45. The molecular formula is C10H7BrN6. The molecule has 0 fully saturated rings. The molecule has 0 unspecified atom stereocenters. The Kier molecular flexibility index (Phi) is 3.47. The molecule has 0 aliphatic heterocycles. The number of aromatic nitrogens is 4. The molecule has 0 amide bonds. The minimum atomic E-state index is 0.257. The predicted octanol–water partition coefficient (Wildman–Crippen LogP) is 1.94. The largest absolute Gasteiger partial charge is 0.359 e. The summed E-state index contributed by atoms with van der Waals surface area (Å²) in [7, 11) is 0. The summed E-state index contributed by atoms with van der Waals surface area (Å²) in [4.78, 5) is 0. The van der Waals surface area contributed by atoms with Crippen LogP contribution in [0.4, 0.5) is 5.69 Å². The molecule has 1 heterocycles. The van der Waals surface area contributed by atoms with Crippen LogP contribution in [-0.2, 0) is 0 Å². The average Bonchev–Trinajstić information content (AvgIpc) is 2.86. The highest BCUT2D eigenvalue weighted by atomic mass is 79.9. The molecule has 0 spiro atoms. The number of H-pyrrole nitrogens is 1. The van der Waals surface area contributed by atoms with Crippen molar-refractivity contribution in [3.05, 3.63) is 40.8 Å². The number of allylic oxidation sites excluding steroid dienone is 1. The fraction of sp³-hybridized carbons (Fsp3) is 0. The number of tetrazole rings is 1. The molecule has 1 aromatic heterocycles. The van der Waals surface area contributed by atoms with Gasteiger partial charge in [0, 0.05) is 10.7 Å². The van der Waals surface area contributed by atoms with Gasteiger partial charge in [0.1, 0.15) is 11.6 Å². The number of para-hydroxylation sites is 1. The Balaban J connectivity index is 2.21. The molecular weight excluding hydrogens is 284 g/mol. The normalized spacial score (nSPS) is 10.9. The molecule has 0 atom stereocenters. The van der Waals surface area contributed by atoms with Crippen LogP contribution in [-0.4, -0.2) is 20.6 Å². The zero-order valence-electron chi connectivity index (χ0n) is 8.55. The fourth-order valence-electron chi connectivity index (χ4n) is 1.15. The first kappa shape index (κ1) is 11.3. The van der Waals surface area contributed by atoms with Gasteiger partial charge >= 0.3 is 0 Å². The molecule has 2 rings (SSSR count). The number of nitrogens with one attached hydrogen (secondary N) is 2. The van der Waals surface area contributed by atoms with E-state index < -0.39 is 0 Å². The van der Waals surface area contributed by atoms with Gasteiger partial charge in [0.05, 0.1) is 5.69 Å². The predicted molar refractivity (Wildman–Crippen MR) is 65.5 cm³/mol. The number of halogens is 1. The van der Waals surface area contributed by atoms with E-state index in [1.807, 2.05) is 30.3 Å². The highest BCUT2D eigenvalue weighted by Crippen LogP contribution is 2.21. The van der Waals surface area contributed by atoms with E-state index in [2.05, 4.69) is 41.9 Å². The number of nitrogens with zero attached hydrogens (tertiary/aromatic N) is 4. The molecule has 0 radical (unpaired) electrons. The lowest BCUT2D eigenvalue weighted by molar-refractivity contribution is 0.881. The van der Waals surface area contributed by atoms with Crippen LogP contribution >= 0.6 is 15.9 Å². The van der Waals surface area contributed by atoms with E-state index in [1.54, 1.807) is 0 Å². The lowest BCUT2D eigenvalue weighted by atomic mass is 10.3. The number of nitriles is 1. The van der Waals surface area contributed by atoms with Gasteiger partial charge in [-0.15, -0.1) is 10.2 Å². The summed E-state index contributed by atoms with van der Waals surface area (Å²) >= 11 is 3.39. The molecule has 2 aromatic rings. The van der Waals surface area contributed by atoms with Crippen molar-refractivity contribution in [3.63, 3.8) is 0 Å². The molecule has 17 heavy (non-hydrogen) atoms. The summed E-state index contributed by atoms with van der Waals surface area (Å²) < 4.78 is 0.904. The maximum atomic E-state index is 8.95. The first-order valence-electron chi connectivity index (χ1n) is 4.66. The van der Waals surface area contributed by atoms with Crippen LogP contribution in [0.15, 0.2) is 34.9 Å². The van der Waals surface area contributed by atoms with Crippen molar-refractivity contribution in [1.82, 2.24) is 20.6 Å². The monoisotopic (exact) mass is 290 g/mol. The van der Waals surface area contributed by atoms with E-state index in [0.29, 0.717) is 5.57 Å². The van der Waals surface area contributed by atoms with Crippen LogP contribution in [0.25, 0.3) is 5.57 Å². The Bertz CT molecular complexity index is 569. The van der Waals surface area contributed by atoms with Crippen LogP contribution < -0.4 is 5.32 Å². The molecule has 1 aromatic carbocycles. The summed E-state index contributed by atoms with van der Waals surface area (Å²) in [6.07, 6.45) is 1.53. The third-order valence-electron chi connectivity index (χ3n) is 1.95. The number of anilines is 1. The topological polar surface area (TPSA) is 90.3 Å². The number of benzene rings is 1. The van der Waals surface area contributed by atoms with Gasteiger partial charge in [0.15, 0.2) is 0 Å². The molecule has 0 saturated carbocycles. The van der Waals surface area contributed by atoms with Gasteiger partial charge in [-0.2, -0.15) is 10.5 Å². The summed E-state index contributed by atoms with van der Waals surface area (Å²) in [5.41, 5.74) is 1.15. The Hall–Kier alpha value is -2.20. The van der Waals surface area contributed by atoms with E-state index in [-0.39, 0.29) is 5.82 Å². The third kappa shape index (κ3) is 2.68. The van der Waals surface area contributed by atoms with Gasteiger partial charge in [-0.1, -0.05) is 12.1 Å². The third-order valence-corrected chi connectivity index (χ3v) is 2.64. The molecule has 0 aliphatic rings. The second-order valence-corrected chi connectivity index (χ2v) is 3.88. The first-order chi connectivity index (χ1) is 8.31. The zero-order chi connectivity index (χ0) is 12.1. The summed E-state index contributed by atoms with van der Waals surface area (Å²) in [6, 6.07) is 9.57. The van der Waals surface area contributed by atoms with Crippen molar-refractivity contribution in [2.24, 2.45) is 0 Å². The number of rotatable bonds is 3. The van der Waals surface area contributed by atoms with Crippen LogP contribution in [0.1, 0.15) is 5.82 Å². The van der Waals surface area contributed by atoms with E-state index in [0.717, 1.165) is 10.2 Å². The van der Waals surface area contributed by atoms with Gasteiger partial charge in [-0.25, -0.2) is 0 Å². The summed E-state index contributed by atoms with van der Waals surface area (Å²) in [5.74, 6) is 0.257. The highest BCUT2D eigenvalue weighted by Gasteiger charge is 2.05. The van der Waals surface area contributed by atoms with Crippen LogP contribution in [0.3, 0.4) is 0 Å². The van der Waals surface area contributed by atoms with Crippen LogP contribution in [0, 0.1) is 11.3 Å². The van der Waals surface area contributed by atoms with Gasteiger partial charge in [-0.3, -0.25) is 0 Å². The number of aromatic amines is 1. The zero-order valence-corrected chi connectivity index (χ0v) is 10.1. The standard InChI is InChI=1S/C10H7BrN6/c11-8-3-1-2-4-9(8)13-6-7(5-12)10-14-16-17-15-10/h1-4,6,13H,(H,14,15,16,17). The van der Waals surface area contributed by atoms with Gasteiger partial charge < -0.3 is 5.32 Å². The maximum Gasteiger partial charge on any atom is 0.216 e. The van der Waals surface area contributed by atoms with E-state index in [1.165, 1.54) is 6.20 Å². The lowest BCUT2D eigenvalue weighted by Gasteiger charge is -2.02. The molecule has 2 N–H and O–H groups in total. The summed E-state index contributed by atoms with van der Waals surface area (Å²) in [5, 5.41) is 25.1. The van der Waals surface area contributed by atoms with Crippen molar-refractivity contribution in [2.45, 2.75) is 0 Å². The molecule has 84 valence electrons. The highest BCUT2D eigenvalue weighted by molar-refractivity contribution is 9.10. The van der Waals surface area contributed by atoms with E-state index in [9.17, 15) is 0 Å². The van der Waals surface area contributed by atoms with Crippen molar-refractivity contribution in [2.75, 3.05) is 5.32 Å². The average molecular weight is 291 g/mol. The van der Waals surface area contributed by atoms with Gasteiger partial charge in [0.25, 0.3) is 0 Å². The second kappa shape index (κ2) is 5.23. The van der Waals surface area contributed by atoms with Crippen LogP contribution in [0.2, 0.25) is 0 Å². The fourth-order valence-corrected chi connectivity index (χ4v) is 1.55. The molecule has 6 nitrogen and oxygen atoms in total. The van der Waals surface area contributed by atoms with Gasteiger partial charge in [-0.05, 0) is 33.3 Å². The smallest absolute Gasteiger partial charge is 0.216 e. The molecule has 0 saturated heterocycles. The van der Waals surface area contributed by atoms with Crippen LogP contribution in [0.5, 0.6) is 0 Å². The molecule has 0 bridgehead atoms. The van der Waals surface area contributed by atoms with Crippen molar-refractivity contribution >= 4 is 27.2 Å². The Morgan fingerprint density at radius 1 is 1.47 bits per heavy atom. The SMILES string of the molecule is N#CC(=CNc1ccccc1Br)c1nn[nH]n1. The second-order valence-electron chi connectivity index (χ2n) is 3.03. The Morgan fingerprint density at radius 2 is 2.29 bits per heavy atom. The minimum absolute atomic E-state index is 0.257.